The molecule has 1 aromatic carbocycles. The molecule has 1 N–H and O–H groups in total. The highest BCUT2D eigenvalue weighted by Gasteiger charge is 2.16. The van der Waals surface area contributed by atoms with Gasteiger partial charge in [-0.15, -0.1) is 0 Å². The first kappa shape index (κ1) is 15.9. The number of hydrogen-bond acceptors (Lipinski definition) is 4. The van der Waals surface area contributed by atoms with Crippen molar-refractivity contribution in [3.05, 3.63) is 51.0 Å². The summed E-state index contributed by atoms with van der Waals surface area (Å²) in [6, 6.07) is 3.70. The van der Waals surface area contributed by atoms with Gasteiger partial charge in [-0.2, -0.15) is 5.10 Å². The number of fused-ring (bicyclic) bond motifs is 1. The highest BCUT2D eigenvalue weighted by molar-refractivity contribution is 7.16. The van der Waals surface area contributed by atoms with Crippen molar-refractivity contribution in [2.24, 2.45) is 0 Å². The lowest BCUT2D eigenvalue weighted by Crippen LogP contribution is -2.24. The van der Waals surface area contributed by atoms with E-state index in [0.717, 1.165) is 33.8 Å². The molecule has 120 valence electrons. The van der Waals surface area contributed by atoms with Crippen LogP contribution in [0.15, 0.2) is 18.2 Å². The van der Waals surface area contributed by atoms with Crippen molar-refractivity contribution >= 4 is 33.8 Å². The van der Waals surface area contributed by atoms with Crippen LogP contribution in [0.1, 0.15) is 33.7 Å². The largest absolute Gasteiger partial charge is 0.346 e. The summed E-state index contributed by atoms with van der Waals surface area (Å²) in [5, 5.41) is 8.40. The predicted molar refractivity (Wildman–Crippen MR) is 87.6 cm³/mol. The van der Waals surface area contributed by atoms with Crippen LogP contribution in [0.2, 0.25) is 5.02 Å². The van der Waals surface area contributed by atoms with E-state index in [1.54, 1.807) is 4.52 Å². The van der Waals surface area contributed by atoms with Gasteiger partial charge in [-0.25, -0.2) is 13.9 Å². The monoisotopic (exact) mass is 352 g/mol. The van der Waals surface area contributed by atoms with Crippen molar-refractivity contribution < 1.29 is 9.18 Å². The Labute approximate surface area is 141 Å². The summed E-state index contributed by atoms with van der Waals surface area (Å²) in [5.74, 6) is -0.940. The van der Waals surface area contributed by atoms with Gasteiger partial charge in [0.2, 0.25) is 4.96 Å². The molecule has 0 aliphatic carbocycles. The lowest BCUT2D eigenvalue weighted by Gasteiger charge is -2.07. The summed E-state index contributed by atoms with van der Waals surface area (Å²) in [6.07, 6.45) is 0.831. The fourth-order valence-corrected chi connectivity index (χ4v) is 3.31. The van der Waals surface area contributed by atoms with Gasteiger partial charge in [0.1, 0.15) is 10.8 Å². The van der Waals surface area contributed by atoms with Crippen LogP contribution >= 0.6 is 22.9 Å². The summed E-state index contributed by atoms with van der Waals surface area (Å²) in [5.41, 5.74) is 1.71. The molecule has 0 bridgehead atoms. The van der Waals surface area contributed by atoms with E-state index in [9.17, 15) is 9.18 Å². The summed E-state index contributed by atoms with van der Waals surface area (Å²) >= 11 is 7.47. The maximum absolute atomic E-state index is 13.3. The molecule has 5 nitrogen and oxygen atoms in total. The van der Waals surface area contributed by atoms with Gasteiger partial charge >= 0.3 is 0 Å². The van der Waals surface area contributed by atoms with Gasteiger partial charge in [0.25, 0.3) is 5.91 Å². The van der Waals surface area contributed by atoms with Crippen molar-refractivity contribution in [3.8, 4) is 0 Å². The Morgan fingerprint density at radius 2 is 2.26 bits per heavy atom. The van der Waals surface area contributed by atoms with Crippen LogP contribution in [-0.4, -0.2) is 20.5 Å². The lowest BCUT2D eigenvalue weighted by atomic mass is 10.2. The fraction of sp³-hybridized carbons (Fsp3) is 0.267. The summed E-state index contributed by atoms with van der Waals surface area (Å²) in [7, 11) is 0. The topological polar surface area (TPSA) is 59.3 Å². The van der Waals surface area contributed by atoms with Crippen molar-refractivity contribution in [3.63, 3.8) is 0 Å². The second-order valence-corrected chi connectivity index (χ2v) is 6.44. The van der Waals surface area contributed by atoms with Gasteiger partial charge in [-0.05, 0) is 31.5 Å². The maximum Gasteiger partial charge on any atom is 0.253 e. The quantitative estimate of drug-likeness (QED) is 0.783. The first-order valence-electron chi connectivity index (χ1n) is 7.06. The molecule has 23 heavy (non-hydrogen) atoms. The molecule has 0 aliphatic heterocycles. The second kappa shape index (κ2) is 6.25. The zero-order valence-electron chi connectivity index (χ0n) is 12.6. The molecule has 2 heterocycles. The minimum absolute atomic E-state index is 0.109. The Morgan fingerprint density at radius 3 is 3.00 bits per heavy atom. The number of imidazole rings is 1. The predicted octanol–water partition coefficient (Wildman–Crippen LogP) is 3.38. The Bertz CT molecular complexity index is 889. The van der Waals surface area contributed by atoms with E-state index in [1.165, 1.54) is 23.5 Å². The third-order valence-corrected chi connectivity index (χ3v) is 4.81. The fourth-order valence-electron chi connectivity index (χ4n) is 2.21. The molecular formula is C15H14ClFN4OS. The second-order valence-electron chi connectivity index (χ2n) is 4.99. The number of carbonyl (C=O) groups is 1. The molecule has 0 fully saturated rings. The molecule has 0 atom stereocenters. The number of halogens is 2. The van der Waals surface area contributed by atoms with Crippen LogP contribution in [0.3, 0.4) is 0 Å². The van der Waals surface area contributed by atoms with Crippen LogP contribution in [0.5, 0.6) is 0 Å². The number of nitrogens with zero attached hydrogens (tertiary/aromatic N) is 3. The molecule has 1 amide bonds. The van der Waals surface area contributed by atoms with E-state index in [1.807, 2.05) is 13.8 Å². The Balaban J connectivity index is 1.82. The zero-order chi connectivity index (χ0) is 16.6. The van der Waals surface area contributed by atoms with Crippen molar-refractivity contribution in [2.75, 3.05) is 0 Å². The first-order chi connectivity index (χ1) is 11.0. The summed E-state index contributed by atoms with van der Waals surface area (Å²) in [6.45, 7) is 4.13. The van der Waals surface area contributed by atoms with Gasteiger partial charge in [0.05, 0.1) is 28.5 Å². The molecule has 0 saturated carbocycles. The molecule has 3 aromatic rings. The van der Waals surface area contributed by atoms with Crippen LogP contribution in [-0.2, 0) is 13.0 Å². The molecule has 0 saturated heterocycles. The maximum atomic E-state index is 13.3. The van der Waals surface area contributed by atoms with Crippen molar-refractivity contribution in [1.29, 1.82) is 0 Å². The van der Waals surface area contributed by atoms with E-state index >= 15 is 0 Å². The average Bonchev–Trinajstić information content (AvgIpc) is 3.04. The van der Waals surface area contributed by atoms with Crippen LogP contribution in [0, 0.1) is 12.7 Å². The van der Waals surface area contributed by atoms with Crippen LogP contribution in [0.4, 0.5) is 4.39 Å². The number of nitrogens with one attached hydrogen (secondary N) is 1. The number of aromatic nitrogens is 3. The smallest absolute Gasteiger partial charge is 0.253 e. The van der Waals surface area contributed by atoms with Gasteiger partial charge in [-0.3, -0.25) is 4.79 Å². The van der Waals surface area contributed by atoms with Crippen LogP contribution < -0.4 is 5.32 Å². The highest BCUT2D eigenvalue weighted by atomic mass is 35.5. The number of aryl methyl sites for hydroxylation is 2. The number of amides is 1. The molecule has 0 spiro atoms. The number of rotatable bonds is 4. The van der Waals surface area contributed by atoms with E-state index in [0.29, 0.717) is 0 Å². The van der Waals surface area contributed by atoms with Gasteiger partial charge in [0, 0.05) is 0 Å². The first-order valence-corrected chi connectivity index (χ1v) is 8.26. The third-order valence-electron chi connectivity index (χ3n) is 3.43. The molecule has 3 rings (SSSR count). The molecule has 0 radical (unpaired) electrons. The summed E-state index contributed by atoms with van der Waals surface area (Å²) in [4.78, 5) is 17.5. The lowest BCUT2D eigenvalue weighted by molar-refractivity contribution is 0.0950. The van der Waals surface area contributed by atoms with Gasteiger partial charge in [-0.1, -0.05) is 29.9 Å². The van der Waals surface area contributed by atoms with E-state index < -0.39 is 11.7 Å². The molecule has 0 unspecified atom stereocenters. The molecule has 0 aliphatic rings. The average molecular weight is 353 g/mol. The molecule has 8 heteroatoms. The van der Waals surface area contributed by atoms with E-state index in [2.05, 4.69) is 15.4 Å². The Hall–Kier alpha value is -1.99. The van der Waals surface area contributed by atoms with Gasteiger partial charge in [0.15, 0.2) is 0 Å². The number of hydrogen-bond donors (Lipinski definition) is 1. The normalized spacial score (nSPS) is 11.1. The minimum Gasteiger partial charge on any atom is -0.346 e. The third kappa shape index (κ3) is 3.07. The highest BCUT2D eigenvalue weighted by Crippen LogP contribution is 2.20. The Kier molecular flexibility index (Phi) is 4.32. The summed E-state index contributed by atoms with van der Waals surface area (Å²) < 4.78 is 15.0. The zero-order valence-corrected chi connectivity index (χ0v) is 14.1. The van der Waals surface area contributed by atoms with E-state index in [-0.39, 0.29) is 17.1 Å². The van der Waals surface area contributed by atoms with E-state index in [4.69, 9.17) is 11.6 Å². The Morgan fingerprint density at radius 1 is 1.48 bits per heavy atom. The van der Waals surface area contributed by atoms with Crippen molar-refractivity contribution in [2.45, 2.75) is 26.8 Å². The number of benzene rings is 1. The minimum atomic E-state index is -0.505. The number of carbonyl (C=O) groups excluding carboxylic acids is 1. The van der Waals surface area contributed by atoms with Crippen molar-refractivity contribution in [1.82, 2.24) is 19.9 Å². The van der Waals surface area contributed by atoms with Gasteiger partial charge < -0.3 is 5.32 Å². The molecule has 2 aromatic heterocycles. The SMILES string of the molecule is CCc1nn2c(CNC(=O)c3cc(F)ccc3Cl)c(C)nc2s1. The van der Waals surface area contributed by atoms with Crippen LogP contribution in [0.25, 0.3) is 4.96 Å². The standard InChI is InChI=1S/C15H14ClFN4OS/c1-3-13-20-21-12(8(2)19-15(21)23-13)7-18-14(22)10-6-9(17)4-5-11(10)16/h4-6H,3,7H2,1-2H3,(H,18,22). The molecular weight excluding hydrogens is 339 g/mol.